The van der Waals surface area contributed by atoms with E-state index < -0.39 is 0 Å². The summed E-state index contributed by atoms with van der Waals surface area (Å²) in [5.74, 6) is 1.52. The van der Waals surface area contributed by atoms with Crippen LogP contribution in [0.25, 0.3) is 0 Å². The Kier molecular flexibility index (Phi) is 3.75. The maximum Gasteiger partial charge on any atom is 0.226 e. The number of nitrogens with zero attached hydrogens (tertiary/aromatic N) is 2. The summed E-state index contributed by atoms with van der Waals surface area (Å²) in [4.78, 5) is 4.33. The van der Waals surface area contributed by atoms with Crippen LogP contribution < -0.4 is 5.73 Å². The SMILES string of the molecule is CCCc1noc(CCc2ccc(N)cc2)n1. The van der Waals surface area contributed by atoms with Crippen molar-refractivity contribution >= 4 is 5.69 Å². The highest BCUT2D eigenvalue weighted by atomic mass is 16.5. The van der Waals surface area contributed by atoms with Crippen molar-refractivity contribution in [3.05, 3.63) is 41.5 Å². The van der Waals surface area contributed by atoms with Crippen LogP contribution in [0.1, 0.15) is 30.6 Å². The first-order chi connectivity index (χ1) is 8.28. The topological polar surface area (TPSA) is 64.9 Å². The van der Waals surface area contributed by atoms with E-state index in [2.05, 4.69) is 17.1 Å². The second kappa shape index (κ2) is 5.48. The Labute approximate surface area is 101 Å². The number of rotatable bonds is 5. The second-order valence-electron chi connectivity index (χ2n) is 4.10. The maximum absolute atomic E-state index is 5.63. The molecule has 1 aromatic heterocycles. The molecule has 1 heterocycles. The minimum absolute atomic E-state index is 0.713. The number of hydrogen-bond donors (Lipinski definition) is 1. The summed E-state index contributed by atoms with van der Waals surface area (Å²) in [6.07, 6.45) is 3.59. The molecule has 0 aliphatic rings. The molecular weight excluding hydrogens is 214 g/mol. The third kappa shape index (κ3) is 3.31. The summed E-state index contributed by atoms with van der Waals surface area (Å²) in [7, 11) is 0. The van der Waals surface area contributed by atoms with Crippen molar-refractivity contribution < 1.29 is 4.52 Å². The Morgan fingerprint density at radius 1 is 1.12 bits per heavy atom. The first kappa shape index (κ1) is 11.6. The van der Waals surface area contributed by atoms with Crippen molar-refractivity contribution in [1.82, 2.24) is 10.1 Å². The molecule has 0 amide bonds. The zero-order valence-electron chi connectivity index (χ0n) is 10.0. The number of aryl methyl sites for hydroxylation is 3. The van der Waals surface area contributed by atoms with Gasteiger partial charge in [-0.25, -0.2) is 0 Å². The van der Waals surface area contributed by atoms with E-state index in [9.17, 15) is 0 Å². The van der Waals surface area contributed by atoms with Gasteiger partial charge in [0, 0.05) is 18.5 Å². The van der Waals surface area contributed by atoms with E-state index in [0.717, 1.165) is 37.2 Å². The van der Waals surface area contributed by atoms with Crippen LogP contribution >= 0.6 is 0 Å². The van der Waals surface area contributed by atoms with Gasteiger partial charge in [0.25, 0.3) is 0 Å². The molecule has 0 spiro atoms. The van der Waals surface area contributed by atoms with Crippen LogP contribution in [0.2, 0.25) is 0 Å². The molecule has 0 aliphatic carbocycles. The van der Waals surface area contributed by atoms with Crippen molar-refractivity contribution in [3.63, 3.8) is 0 Å². The van der Waals surface area contributed by atoms with Crippen molar-refractivity contribution in [3.8, 4) is 0 Å². The standard InChI is InChI=1S/C13H17N3O/c1-2-3-12-15-13(17-16-12)9-6-10-4-7-11(14)8-5-10/h4-5,7-8H,2-3,6,9,14H2,1H3. The van der Waals surface area contributed by atoms with E-state index >= 15 is 0 Å². The third-order valence-electron chi connectivity index (χ3n) is 2.59. The number of nitrogen functional groups attached to an aromatic ring is 1. The molecule has 4 nitrogen and oxygen atoms in total. The van der Waals surface area contributed by atoms with Gasteiger partial charge >= 0.3 is 0 Å². The van der Waals surface area contributed by atoms with Crippen molar-refractivity contribution in [2.24, 2.45) is 0 Å². The highest BCUT2D eigenvalue weighted by Gasteiger charge is 2.05. The van der Waals surface area contributed by atoms with Crippen LogP contribution in [0.5, 0.6) is 0 Å². The third-order valence-corrected chi connectivity index (χ3v) is 2.59. The first-order valence-electron chi connectivity index (χ1n) is 5.94. The molecule has 4 heteroatoms. The van der Waals surface area contributed by atoms with Gasteiger partial charge in [0.05, 0.1) is 0 Å². The molecule has 2 aromatic rings. The van der Waals surface area contributed by atoms with Crippen molar-refractivity contribution in [2.75, 3.05) is 5.73 Å². The summed E-state index contributed by atoms with van der Waals surface area (Å²) >= 11 is 0. The molecule has 2 rings (SSSR count). The van der Waals surface area contributed by atoms with Crippen LogP contribution in [-0.4, -0.2) is 10.1 Å². The molecule has 1 aromatic carbocycles. The fourth-order valence-electron chi connectivity index (χ4n) is 1.65. The van der Waals surface area contributed by atoms with Crippen molar-refractivity contribution in [2.45, 2.75) is 32.6 Å². The Morgan fingerprint density at radius 3 is 2.59 bits per heavy atom. The Hall–Kier alpha value is -1.84. The van der Waals surface area contributed by atoms with Gasteiger partial charge in [-0.1, -0.05) is 24.2 Å². The average molecular weight is 231 g/mol. The molecule has 0 atom stereocenters. The van der Waals surface area contributed by atoms with E-state index in [4.69, 9.17) is 10.3 Å². The number of nitrogens with two attached hydrogens (primary N) is 1. The molecule has 17 heavy (non-hydrogen) atoms. The summed E-state index contributed by atoms with van der Waals surface area (Å²) in [6.45, 7) is 2.10. The monoisotopic (exact) mass is 231 g/mol. The van der Waals surface area contributed by atoms with Crippen LogP contribution in [0, 0.1) is 0 Å². The molecule has 90 valence electrons. The number of hydrogen-bond acceptors (Lipinski definition) is 4. The molecule has 0 unspecified atom stereocenters. The normalized spacial score (nSPS) is 10.6. The smallest absolute Gasteiger partial charge is 0.226 e. The van der Waals surface area contributed by atoms with Crippen LogP contribution in [0.15, 0.2) is 28.8 Å². The van der Waals surface area contributed by atoms with Gasteiger partial charge in [-0.2, -0.15) is 4.98 Å². The van der Waals surface area contributed by atoms with Gasteiger partial charge < -0.3 is 10.3 Å². The highest BCUT2D eigenvalue weighted by molar-refractivity contribution is 5.39. The minimum Gasteiger partial charge on any atom is -0.399 e. The molecule has 0 saturated heterocycles. The number of benzene rings is 1. The predicted molar refractivity (Wildman–Crippen MR) is 66.6 cm³/mol. The summed E-state index contributed by atoms with van der Waals surface area (Å²) in [5.41, 5.74) is 7.65. The van der Waals surface area contributed by atoms with E-state index in [1.807, 2.05) is 24.3 Å². The van der Waals surface area contributed by atoms with Crippen LogP contribution in [-0.2, 0) is 19.3 Å². The van der Waals surface area contributed by atoms with Crippen LogP contribution in [0.3, 0.4) is 0 Å². The minimum atomic E-state index is 0.713. The van der Waals surface area contributed by atoms with E-state index in [1.54, 1.807) is 0 Å². The Morgan fingerprint density at radius 2 is 1.88 bits per heavy atom. The number of aromatic nitrogens is 2. The lowest BCUT2D eigenvalue weighted by Gasteiger charge is -1.98. The van der Waals surface area contributed by atoms with Gasteiger partial charge in [-0.15, -0.1) is 0 Å². The predicted octanol–water partition coefficient (Wildman–Crippen LogP) is 2.39. The highest BCUT2D eigenvalue weighted by Crippen LogP contribution is 2.09. The second-order valence-corrected chi connectivity index (χ2v) is 4.10. The van der Waals surface area contributed by atoms with Crippen LogP contribution in [0.4, 0.5) is 5.69 Å². The maximum atomic E-state index is 5.63. The summed E-state index contributed by atoms with van der Waals surface area (Å²) in [6, 6.07) is 7.87. The van der Waals surface area contributed by atoms with Gasteiger partial charge in [-0.3, -0.25) is 0 Å². The Balaban J connectivity index is 1.90. The molecular formula is C13H17N3O. The zero-order valence-corrected chi connectivity index (χ0v) is 10.0. The van der Waals surface area contributed by atoms with E-state index in [0.29, 0.717) is 5.89 Å². The lowest BCUT2D eigenvalue weighted by molar-refractivity contribution is 0.373. The van der Waals surface area contributed by atoms with E-state index in [1.165, 1.54) is 5.56 Å². The van der Waals surface area contributed by atoms with Gasteiger partial charge in [0.1, 0.15) is 0 Å². The summed E-state index contributed by atoms with van der Waals surface area (Å²) < 4.78 is 5.18. The van der Waals surface area contributed by atoms with Gasteiger partial charge in [-0.05, 0) is 30.5 Å². The lowest BCUT2D eigenvalue weighted by Crippen LogP contribution is -1.93. The lowest BCUT2D eigenvalue weighted by atomic mass is 10.1. The van der Waals surface area contributed by atoms with Gasteiger partial charge in [0.2, 0.25) is 5.89 Å². The fraction of sp³-hybridized carbons (Fsp3) is 0.385. The summed E-state index contributed by atoms with van der Waals surface area (Å²) in [5, 5.41) is 3.93. The quantitative estimate of drug-likeness (QED) is 0.802. The zero-order chi connectivity index (χ0) is 12.1. The number of anilines is 1. The largest absolute Gasteiger partial charge is 0.399 e. The molecule has 0 radical (unpaired) electrons. The molecule has 0 saturated carbocycles. The molecule has 2 N–H and O–H groups in total. The molecule has 0 aliphatic heterocycles. The average Bonchev–Trinajstić information content (AvgIpc) is 2.77. The molecule has 0 bridgehead atoms. The van der Waals surface area contributed by atoms with Gasteiger partial charge in [0.15, 0.2) is 5.82 Å². The Bertz CT molecular complexity index is 462. The van der Waals surface area contributed by atoms with E-state index in [-0.39, 0.29) is 0 Å². The fourth-order valence-corrected chi connectivity index (χ4v) is 1.65. The van der Waals surface area contributed by atoms with Crippen molar-refractivity contribution in [1.29, 1.82) is 0 Å². The molecule has 0 fully saturated rings. The first-order valence-corrected chi connectivity index (χ1v) is 5.94.